The fourth-order valence-corrected chi connectivity index (χ4v) is 5.21. The number of nitrogens with zero attached hydrogens (tertiary/aromatic N) is 1. The lowest BCUT2D eigenvalue weighted by Crippen LogP contribution is -2.52. The van der Waals surface area contributed by atoms with Crippen LogP contribution in [0.2, 0.25) is 0 Å². The third-order valence-electron chi connectivity index (χ3n) is 7.71. The summed E-state index contributed by atoms with van der Waals surface area (Å²) in [6.45, 7) is 3.98. The zero-order valence-corrected chi connectivity index (χ0v) is 27.0. The molecule has 9 heteroatoms. The van der Waals surface area contributed by atoms with E-state index in [4.69, 9.17) is 9.47 Å². The summed E-state index contributed by atoms with van der Waals surface area (Å²) < 4.78 is 10.9. The molecule has 0 aliphatic rings. The van der Waals surface area contributed by atoms with Crippen LogP contribution in [-0.2, 0) is 40.3 Å². The van der Waals surface area contributed by atoms with Crippen molar-refractivity contribution in [1.82, 2.24) is 20.9 Å². The standard InChI is InChI=1S/C38H44N4O5/c1-28(2)35(42-38(45)46-26-31-17-10-5-11-18-31)36(43)40-33(23-29-13-6-3-7-14-29)20-21-34(24-30-15-8-4-9-16-30)41-37(44)47-27-32-19-12-22-39-25-32/h3-19,22,25,28,33-35H,20-21,23-24,26-27H2,1-2H3,(H,40,43)(H,41,44)(H,42,45)/t33-,34-,35+/m1/s1. The summed E-state index contributed by atoms with van der Waals surface area (Å²) in [5, 5.41) is 8.98. The van der Waals surface area contributed by atoms with Crippen molar-refractivity contribution in [3.63, 3.8) is 0 Å². The van der Waals surface area contributed by atoms with Crippen LogP contribution in [0.15, 0.2) is 116 Å². The van der Waals surface area contributed by atoms with E-state index in [2.05, 4.69) is 20.9 Å². The van der Waals surface area contributed by atoms with E-state index in [0.29, 0.717) is 25.7 Å². The van der Waals surface area contributed by atoms with Crippen LogP contribution in [0.3, 0.4) is 0 Å². The van der Waals surface area contributed by atoms with Gasteiger partial charge in [0.05, 0.1) is 0 Å². The van der Waals surface area contributed by atoms with Gasteiger partial charge in [-0.3, -0.25) is 9.78 Å². The number of carbonyl (C=O) groups is 3. The number of benzene rings is 3. The number of carbonyl (C=O) groups excluding carboxylic acids is 3. The molecular weight excluding hydrogens is 592 g/mol. The number of nitrogens with one attached hydrogen (secondary N) is 3. The lowest BCUT2D eigenvalue weighted by atomic mass is 9.95. The van der Waals surface area contributed by atoms with E-state index in [1.165, 1.54) is 0 Å². The zero-order chi connectivity index (χ0) is 33.3. The van der Waals surface area contributed by atoms with Crippen LogP contribution >= 0.6 is 0 Å². The van der Waals surface area contributed by atoms with Crippen molar-refractivity contribution in [3.8, 4) is 0 Å². The molecule has 4 rings (SSSR count). The van der Waals surface area contributed by atoms with Gasteiger partial charge in [-0.15, -0.1) is 0 Å². The Kier molecular flexibility index (Phi) is 13.8. The highest BCUT2D eigenvalue weighted by Crippen LogP contribution is 2.15. The maximum atomic E-state index is 13.7. The Labute approximate surface area is 277 Å². The zero-order valence-electron chi connectivity index (χ0n) is 27.0. The molecule has 0 aliphatic heterocycles. The molecule has 0 radical (unpaired) electrons. The number of rotatable bonds is 16. The minimum absolute atomic E-state index is 0.107. The highest BCUT2D eigenvalue weighted by Gasteiger charge is 2.27. The topological polar surface area (TPSA) is 119 Å². The first kappa shape index (κ1) is 34.7. The van der Waals surface area contributed by atoms with Gasteiger partial charge in [-0.25, -0.2) is 9.59 Å². The Balaban J connectivity index is 1.41. The molecule has 0 bridgehead atoms. The van der Waals surface area contributed by atoms with E-state index in [1.807, 2.05) is 111 Å². The molecule has 0 saturated carbocycles. The molecule has 3 aromatic carbocycles. The van der Waals surface area contributed by atoms with Gasteiger partial charge in [-0.1, -0.05) is 111 Å². The molecule has 47 heavy (non-hydrogen) atoms. The second-order valence-corrected chi connectivity index (χ2v) is 11.9. The highest BCUT2D eigenvalue weighted by atomic mass is 16.6. The van der Waals surface area contributed by atoms with Crippen LogP contribution in [-0.4, -0.2) is 41.2 Å². The average molecular weight is 637 g/mol. The molecule has 0 spiro atoms. The summed E-state index contributed by atoms with van der Waals surface area (Å²) in [7, 11) is 0. The van der Waals surface area contributed by atoms with Crippen molar-refractivity contribution < 1.29 is 23.9 Å². The Morgan fingerprint density at radius 3 is 1.57 bits per heavy atom. The van der Waals surface area contributed by atoms with Crippen molar-refractivity contribution in [2.45, 2.75) is 70.9 Å². The number of aromatic nitrogens is 1. The monoisotopic (exact) mass is 636 g/mol. The SMILES string of the molecule is CC(C)[C@H](NC(=O)OCc1ccccc1)C(=O)N[C@H](CC[C@H](Cc1ccccc1)NC(=O)OCc1cccnc1)Cc1ccccc1. The first-order valence-corrected chi connectivity index (χ1v) is 16.0. The molecular formula is C38H44N4O5. The average Bonchev–Trinajstić information content (AvgIpc) is 3.09. The molecule has 0 fully saturated rings. The van der Waals surface area contributed by atoms with Crippen molar-refractivity contribution in [3.05, 3.63) is 138 Å². The van der Waals surface area contributed by atoms with E-state index in [1.54, 1.807) is 18.5 Å². The summed E-state index contributed by atoms with van der Waals surface area (Å²) in [6, 6.07) is 31.6. The number of hydrogen-bond donors (Lipinski definition) is 3. The Morgan fingerprint density at radius 2 is 1.06 bits per heavy atom. The van der Waals surface area contributed by atoms with E-state index in [0.717, 1.165) is 22.3 Å². The van der Waals surface area contributed by atoms with Gasteiger partial charge in [0.25, 0.3) is 0 Å². The Morgan fingerprint density at radius 1 is 0.596 bits per heavy atom. The molecule has 3 atom stereocenters. The highest BCUT2D eigenvalue weighted by molar-refractivity contribution is 5.86. The third-order valence-corrected chi connectivity index (χ3v) is 7.71. The molecule has 246 valence electrons. The predicted octanol–water partition coefficient (Wildman–Crippen LogP) is 6.38. The van der Waals surface area contributed by atoms with Gasteiger partial charge >= 0.3 is 12.2 Å². The molecule has 4 aromatic rings. The summed E-state index contributed by atoms with van der Waals surface area (Å²) in [5.41, 5.74) is 3.80. The van der Waals surface area contributed by atoms with Crippen molar-refractivity contribution in [2.24, 2.45) is 5.92 Å². The van der Waals surface area contributed by atoms with Gasteiger partial charge in [0.2, 0.25) is 5.91 Å². The van der Waals surface area contributed by atoms with Gasteiger partial charge in [0, 0.05) is 30.0 Å². The summed E-state index contributed by atoms with van der Waals surface area (Å²) in [6.07, 6.45) is 4.49. The van der Waals surface area contributed by atoms with E-state index in [-0.39, 0.29) is 37.1 Å². The normalized spacial score (nSPS) is 12.7. The molecule has 0 saturated heterocycles. The van der Waals surface area contributed by atoms with E-state index in [9.17, 15) is 14.4 Å². The number of pyridine rings is 1. The second-order valence-electron chi connectivity index (χ2n) is 11.9. The fourth-order valence-electron chi connectivity index (χ4n) is 5.21. The first-order chi connectivity index (χ1) is 22.9. The van der Waals surface area contributed by atoms with Crippen LogP contribution in [0.25, 0.3) is 0 Å². The van der Waals surface area contributed by atoms with Crippen molar-refractivity contribution >= 4 is 18.1 Å². The lowest BCUT2D eigenvalue weighted by Gasteiger charge is -2.27. The van der Waals surface area contributed by atoms with Crippen LogP contribution in [0.4, 0.5) is 9.59 Å². The second kappa shape index (κ2) is 18.7. The number of hydrogen-bond acceptors (Lipinski definition) is 6. The Bertz CT molecular complexity index is 1500. The van der Waals surface area contributed by atoms with Gasteiger partial charge in [-0.05, 0) is 54.4 Å². The van der Waals surface area contributed by atoms with Gasteiger partial charge in [0.1, 0.15) is 19.3 Å². The molecule has 9 nitrogen and oxygen atoms in total. The van der Waals surface area contributed by atoms with Crippen LogP contribution in [0.1, 0.15) is 48.9 Å². The molecule has 1 aromatic heterocycles. The summed E-state index contributed by atoms with van der Waals surface area (Å²) >= 11 is 0. The number of amides is 3. The van der Waals surface area contributed by atoms with E-state index >= 15 is 0 Å². The number of alkyl carbamates (subject to hydrolysis) is 2. The summed E-state index contributed by atoms with van der Waals surface area (Å²) in [5.74, 6) is -0.472. The molecule has 3 N–H and O–H groups in total. The van der Waals surface area contributed by atoms with Crippen molar-refractivity contribution in [1.29, 1.82) is 0 Å². The smallest absolute Gasteiger partial charge is 0.408 e. The fraction of sp³-hybridized carbons (Fsp3) is 0.316. The molecule has 1 heterocycles. The minimum Gasteiger partial charge on any atom is -0.445 e. The summed E-state index contributed by atoms with van der Waals surface area (Å²) in [4.78, 5) is 43.3. The molecule has 0 aliphatic carbocycles. The largest absolute Gasteiger partial charge is 0.445 e. The predicted molar refractivity (Wildman–Crippen MR) is 181 cm³/mol. The van der Waals surface area contributed by atoms with E-state index < -0.39 is 18.2 Å². The van der Waals surface area contributed by atoms with Crippen LogP contribution in [0, 0.1) is 5.92 Å². The maximum Gasteiger partial charge on any atom is 0.408 e. The minimum atomic E-state index is -0.794. The number of ether oxygens (including phenoxy) is 2. The van der Waals surface area contributed by atoms with Crippen LogP contribution in [0.5, 0.6) is 0 Å². The Hall–Kier alpha value is -5.18. The first-order valence-electron chi connectivity index (χ1n) is 16.0. The van der Waals surface area contributed by atoms with Crippen LogP contribution < -0.4 is 16.0 Å². The quantitative estimate of drug-likeness (QED) is 0.131. The molecule has 0 unspecified atom stereocenters. The maximum absolute atomic E-state index is 13.7. The van der Waals surface area contributed by atoms with Crippen molar-refractivity contribution in [2.75, 3.05) is 0 Å². The third kappa shape index (κ3) is 12.6. The molecule has 3 amide bonds. The lowest BCUT2D eigenvalue weighted by molar-refractivity contribution is -0.124. The van der Waals surface area contributed by atoms with Gasteiger partial charge in [0.15, 0.2) is 0 Å². The van der Waals surface area contributed by atoms with Gasteiger partial charge < -0.3 is 25.4 Å². The van der Waals surface area contributed by atoms with Gasteiger partial charge in [-0.2, -0.15) is 0 Å².